The van der Waals surface area contributed by atoms with Gasteiger partial charge in [-0.15, -0.1) is 0 Å². The van der Waals surface area contributed by atoms with Crippen molar-refractivity contribution in [3.63, 3.8) is 0 Å². The fraction of sp³-hybridized carbons (Fsp3) is 0.778. The second-order valence-corrected chi connectivity index (χ2v) is 3.18. The third-order valence-corrected chi connectivity index (χ3v) is 1.31. The molecule has 0 nitrogen and oxygen atoms in total. The predicted octanol–water partition coefficient (Wildman–Crippen LogP) is 4.50. The van der Waals surface area contributed by atoms with E-state index < -0.39 is 0 Å². The Hall–Kier alpha value is 0.220. The van der Waals surface area contributed by atoms with Crippen LogP contribution in [0, 0.1) is 0 Å². The zero-order valence-electron chi connectivity index (χ0n) is 7.58. The third-order valence-electron chi connectivity index (χ3n) is 0.983. The summed E-state index contributed by atoms with van der Waals surface area (Å²) in [4.78, 5) is 0. The first-order chi connectivity index (χ1) is 4.77. The highest BCUT2D eigenvalue weighted by molar-refractivity contribution is 9.11. The summed E-state index contributed by atoms with van der Waals surface area (Å²) in [5, 5.41) is 0. The Bertz CT molecular complexity index is 70.8. The molecule has 10 heavy (non-hydrogen) atoms. The summed E-state index contributed by atoms with van der Waals surface area (Å²) in [7, 11) is 0. The molecule has 0 aromatic carbocycles. The summed E-state index contributed by atoms with van der Waals surface area (Å²) in [5.74, 6) is 0. The fourth-order valence-electron chi connectivity index (χ4n) is 0.505. The minimum Gasteiger partial charge on any atom is -0.0747 e. The minimum atomic E-state index is 1.22. The first-order valence-electron chi connectivity index (χ1n) is 4.09. The van der Waals surface area contributed by atoms with Crippen LogP contribution in [0.4, 0.5) is 0 Å². The molecule has 62 valence electrons. The Morgan fingerprint density at radius 3 is 2.20 bits per heavy atom. The molecule has 0 radical (unpaired) electrons. The van der Waals surface area contributed by atoms with Crippen LogP contribution in [-0.2, 0) is 0 Å². The minimum absolute atomic E-state index is 1.22. The van der Waals surface area contributed by atoms with E-state index in [0.29, 0.717) is 0 Å². The Morgan fingerprint density at radius 2 is 1.90 bits per heavy atom. The molecule has 0 aromatic heterocycles. The van der Waals surface area contributed by atoms with Crippen molar-refractivity contribution in [1.82, 2.24) is 0 Å². The summed E-state index contributed by atoms with van der Waals surface area (Å²) < 4.78 is 1.26. The van der Waals surface area contributed by atoms with Gasteiger partial charge in [0.1, 0.15) is 0 Å². The molecule has 0 amide bonds. The zero-order chi connectivity index (χ0) is 8.41. The SMILES string of the molecule is CC.CCCC/C=C(\C)Br. The number of unbranched alkanes of at least 4 members (excludes halogenated alkanes) is 2. The molecule has 0 aliphatic carbocycles. The van der Waals surface area contributed by atoms with Gasteiger partial charge in [0.2, 0.25) is 0 Å². The van der Waals surface area contributed by atoms with Crippen molar-refractivity contribution in [2.24, 2.45) is 0 Å². The van der Waals surface area contributed by atoms with E-state index in [0.717, 1.165) is 0 Å². The van der Waals surface area contributed by atoms with Gasteiger partial charge in [-0.05, 0) is 17.8 Å². The molecule has 0 spiro atoms. The van der Waals surface area contributed by atoms with Gasteiger partial charge in [0.15, 0.2) is 0 Å². The number of hydrogen-bond donors (Lipinski definition) is 0. The van der Waals surface area contributed by atoms with E-state index in [9.17, 15) is 0 Å². The van der Waals surface area contributed by atoms with E-state index in [1.54, 1.807) is 0 Å². The lowest BCUT2D eigenvalue weighted by Crippen LogP contribution is -1.66. The molecule has 1 heteroatoms. The highest BCUT2D eigenvalue weighted by Crippen LogP contribution is 2.05. The molecule has 0 saturated carbocycles. The van der Waals surface area contributed by atoms with Crippen LogP contribution in [0.3, 0.4) is 0 Å². The average Bonchev–Trinajstić information content (AvgIpc) is 1.92. The first kappa shape index (κ1) is 12.9. The molecule has 0 fully saturated rings. The summed E-state index contributed by atoms with van der Waals surface area (Å²) in [6, 6.07) is 0. The van der Waals surface area contributed by atoms with Crippen LogP contribution < -0.4 is 0 Å². The van der Waals surface area contributed by atoms with E-state index in [4.69, 9.17) is 0 Å². The largest absolute Gasteiger partial charge is 0.0747 e. The Labute approximate surface area is 73.8 Å². The molecule has 0 unspecified atom stereocenters. The van der Waals surface area contributed by atoms with Gasteiger partial charge in [0.25, 0.3) is 0 Å². The van der Waals surface area contributed by atoms with Gasteiger partial charge in [-0.3, -0.25) is 0 Å². The molecular formula is C9H19Br. The van der Waals surface area contributed by atoms with Gasteiger partial charge in [0.05, 0.1) is 0 Å². The maximum absolute atomic E-state index is 3.37. The Morgan fingerprint density at radius 1 is 1.40 bits per heavy atom. The first-order valence-corrected chi connectivity index (χ1v) is 4.89. The maximum Gasteiger partial charge on any atom is -0.0120 e. The molecule has 0 N–H and O–H groups in total. The zero-order valence-corrected chi connectivity index (χ0v) is 9.16. The van der Waals surface area contributed by atoms with Crippen LogP contribution in [0.5, 0.6) is 0 Å². The molecule has 0 atom stereocenters. The lowest BCUT2D eigenvalue weighted by Gasteiger charge is -1.87. The molecule has 0 aliphatic rings. The highest BCUT2D eigenvalue weighted by Gasteiger charge is 1.79. The molecule has 0 aromatic rings. The van der Waals surface area contributed by atoms with E-state index in [1.807, 2.05) is 13.8 Å². The lowest BCUT2D eigenvalue weighted by molar-refractivity contribution is 0.813. The van der Waals surface area contributed by atoms with Crippen LogP contribution in [0.15, 0.2) is 10.6 Å². The molecule has 0 bridgehead atoms. The van der Waals surface area contributed by atoms with Crippen molar-refractivity contribution in [3.05, 3.63) is 10.6 Å². The maximum atomic E-state index is 3.37. The van der Waals surface area contributed by atoms with E-state index in [2.05, 4.69) is 35.9 Å². The summed E-state index contributed by atoms with van der Waals surface area (Å²) in [6.45, 7) is 8.27. The van der Waals surface area contributed by atoms with E-state index >= 15 is 0 Å². The molecule has 0 saturated heterocycles. The summed E-state index contributed by atoms with van der Waals surface area (Å²) >= 11 is 3.37. The van der Waals surface area contributed by atoms with Crippen molar-refractivity contribution in [2.45, 2.75) is 47.0 Å². The van der Waals surface area contributed by atoms with E-state index in [1.165, 1.54) is 23.7 Å². The summed E-state index contributed by atoms with van der Waals surface area (Å²) in [5.41, 5.74) is 0. The molecule has 0 rings (SSSR count). The number of hydrogen-bond acceptors (Lipinski definition) is 0. The monoisotopic (exact) mass is 206 g/mol. The van der Waals surface area contributed by atoms with Crippen LogP contribution in [0.25, 0.3) is 0 Å². The van der Waals surface area contributed by atoms with Crippen LogP contribution in [0.2, 0.25) is 0 Å². The molecule has 0 aliphatic heterocycles. The molecular weight excluding hydrogens is 188 g/mol. The number of allylic oxidation sites excluding steroid dienone is 2. The van der Waals surface area contributed by atoms with Gasteiger partial charge in [-0.25, -0.2) is 0 Å². The van der Waals surface area contributed by atoms with Gasteiger partial charge in [-0.2, -0.15) is 0 Å². The predicted molar refractivity (Wildman–Crippen MR) is 53.6 cm³/mol. The number of halogens is 1. The topological polar surface area (TPSA) is 0 Å². The van der Waals surface area contributed by atoms with Crippen LogP contribution in [0.1, 0.15) is 47.0 Å². The van der Waals surface area contributed by atoms with Gasteiger partial charge < -0.3 is 0 Å². The smallest absolute Gasteiger partial charge is 0.0120 e. The normalized spacial score (nSPS) is 10.3. The second kappa shape index (κ2) is 12.0. The van der Waals surface area contributed by atoms with Gasteiger partial charge >= 0.3 is 0 Å². The lowest BCUT2D eigenvalue weighted by atomic mass is 10.2. The van der Waals surface area contributed by atoms with Crippen molar-refractivity contribution >= 4 is 15.9 Å². The van der Waals surface area contributed by atoms with Crippen LogP contribution in [-0.4, -0.2) is 0 Å². The third kappa shape index (κ3) is 15.7. The summed E-state index contributed by atoms with van der Waals surface area (Å²) in [6.07, 6.45) is 6.02. The van der Waals surface area contributed by atoms with Gasteiger partial charge in [0, 0.05) is 0 Å². The van der Waals surface area contributed by atoms with Crippen molar-refractivity contribution in [3.8, 4) is 0 Å². The number of rotatable bonds is 3. The van der Waals surface area contributed by atoms with Crippen molar-refractivity contribution in [2.75, 3.05) is 0 Å². The van der Waals surface area contributed by atoms with Gasteiger partial charge in [-0.1, -0.05) is 55.6 Å². The van der Waals surface area contributed by atoms with Crippen LogP contribution >= 0.6 is 15.9 Å². The fourth-order valence-corrected chi connectivity index (χ4v) is 0.734. The molecule has 0 heterocycles. The average molecular weight is 207 g/mol. The van der Waals surface area contributed by atoms with E-state index in [-0.39, 0.29) is 0 Å². The second-order valence-electron chi connectivity index (χ2n) is 1.93. The highest BCUT2D eigenvalue weighted by atomic mass is 79.9. The Kier molecular flexibility index (Phi) is 15.4. The van der Waals surface area contributed by atoms with Crippen molar-refractivity contribution in [1.29, 1.82) is 0 Å². The van der Waals surface area contributed by atoms with Crippen molar-refractivity contribution < 1.29 is 0 Å². The quantitative estimate of drug-likeness (QED) is 0.597. The standard InChI is InChI=1S/C7H13Br.C2H6/c1-3-4-5-6-7(2)8;1-2/h6H,3-5H2,1-2H3;1-2H3/b7-6+;. The Balaban J connectivity index is 0.